The summed E-state index contributed by atoms with van der Waals surface area (Å²) in [5.74, 6) is -0.355. The van der Waals surface area contributed by atoms with Crippen LogP contribution in [0.15, 0.2) is 12.3 Å². The molecule has 3 N–H and O–H groups in total. The zero-order valence-electron chi connectivity index (χ0n) is 11.0. The Morgan fingerprint density at radius 2 is 2.26 bits per heavy atom. The Labute approximate surface area is 112 Å². The van der Waals surface area contributed by atoms with Crippen LogP contribution in [0.4, 0.5) is 11.5 Å². The molecule has 6 heteroatoms. The van der Waals surface area contributed by atoms with Crippen molar-refractivity contribution in [2.45, 2.75) is 25.9 Å². The van der Waals surface area contributed by atoms with Gasteiger partial charge in [0.05, 0.1) is 23.6 Å². The number of hydrogen-bond donors (Lipinski definition) is 2. The van der Waals surface area contributed by atoms with Crippen LogP contribution in [0.25, 0.3) is 0 Å². The van der Waals surface area contributed by atoms with Crippen molar-refractivity contribution in [2.24, 2.45) is 0 Å². The number of aromatic carboxylic acids is 1. The lowest BCUT2D eigenvalue weighted by Crippen LogP contribution is -2.37. The first kappa shape index (κ1) is 13.6. The number of hydrogen-bond acceptors (Lipinski definition) is 5. The molecule has 1 aromatic heterocycles. The molecule has 1 fully saturated rings. The van der Waals surface area contributed by atoms with E-state index in [4.69, 9.17) is 15.6 Å². The van der Waals surface area contributed by atoms with Crippen LogP contribution in [0.1, 0.15) is 30.1 Å². The number of ether oxygens (including phenoxy) is 1. The number of rotatable bonds is 4. The Bertz CT molecular complexity index is 456. The topological polar surface area (TPSA) is 88.7 Å². The zero-order chi connectivity index (χ0) is 13.8. The third-order valence-corrected chi connectivity index (χ3v) is 3.32. The average molecular weight is 265 g/mol. The second-order valence-electron chi connectivity index (χ2n) is 4.58. The minimum absolute atomic E-state index is 0.108. The highest BCUT2D eigenvalue weighted by Gasteiger charge is 2.21. The molecule has 0 unspecified atom stereocenters. The highest BCUT2D eigenvalue weighted by Crippen LogP contribution is 2.22. The zero-order valence-corrected chi connectivity index (χ0v) is 11.0. The highest BCUT2D eigenvalue weighted by molar-refractivity contribution is 5.94. The van der Waals surface area contributed by atoms with Crippen molar-refractivity contribution >= 4 is 17.5 Å². The molecule has 0 amide bonds. The van der Waals surface area contributed by atoms with E-state index in [1.165, 1.54) is 6.20 Å². The van der Waals surface area contributed by atoms with Gasteiger partial charge in [-0.2, -0.15) is 0 Å². The minimum atomic E-state index is -1.02. The van der Waals surface area contributed by atoms with E-state index in [-0.39, 0.29) is 11.3 Å². The average Bonchev–Trinajstić information content (AvgIpc) is 2.40. The number of pyridine rings is 1. The molecule has 0 bridgehead atoms. The summed E-state index contributed by atoms with van der Waals surface area (Å²) in [5, 5.41) is 9.05. The van der Waals surface area contributed by atoms with Gasteiger partial charge < -0.3 is 20.5 Å². The van der Waals surface area contributed by atoms with E-state index < -0.39 is 5.97 Å². The maximum Gasteiger partial charge on any atom is 0.337 e. The van der Waals surface area contributed by atoms with Crippen LogP contribution in [0.2, 0.25) is 0 Å². The smallest absolute Gasteiger partial charge is 0.337 e. The Morgan fingerprint density at radius 3 is 2.84 bits per heavy atom. The summed E-state index contributed by atoms with van der Waals surface area (Å²) in [6, 6.07) is 1.54. The van der Waals surface area contributed by atoms with Gasteiger partial charge in [0.2, 0.25) is 0 Å². The lowest BCUT2D eigenvalue weighted by molar-refractivity contribution is 0.0458. The molecule has 1 aromatic rings. The summed E-state index contributed by atoms with van der Waals surface area (Å²) in [5.41, 5.74) is 5.90. The van der Waals surface area contributed by atoms with Gasteiger partial charge >= 0.3 is 5.97 Å². The van der Waals surface area contributed by atoms with Crippen molar-refractivity contribution < 1.29 is 14.6 Å². The number of nitrogens with two attached hydrogens (primary N) is 1. The molecule has 0 atom stereocenters. The van der Waals surface area contributed by atoms with E-state index in [0.717, 1.165) is 32.5 Å². The van der Waals surface area contributed by atoms with Crippen LogP contribution in [-0.2, 0) is 4.74 Å². The second kappa shape index (κ2) is 5.88. The van der Waals surface area contributed by atoms with E-state index in [1.807, 2.05) is 6.92 Å². The molecule has 2 heterocycles. The number of piperidine rings is 1. The molecule has 6 nitrogen and oxygen atoms in total. The molecule has 1 aliphatic heterocycles. The molecule has 19 heavy (non-hydrogen) atoms. The van der Waals surface area contributed by atoms with Gasteiger partial charge in [-0.25, -0.2) is 9.78 Å². The molecule has 1 aliphatic rings. The van der Waals surface area contributed by atoms with Gasteiger partial charge in [-0.05, 0) is 25.8 Å². The summed E-state index contributed by atoms with van der Waals surface area (Å²) in [7, 11) is 0. The van der Waals surface area contributed by atoms with Crippen molar-refractivity contribution in [3.05, 3.63) is 17.8 Å². The number of aromatic nitrogens is 1. The number of anilines is 2. The standard InChI is InChI=1S/C13H19N3O3/c1-2-19-9-3-5-16(6-4-9)12-7-10(13(17)18)11(14)8-15-12/h7-9H,2-6,14H2,1H3,(H,17,18). The van der Waals surface area contributed by atoms with E-state index in [1.54, 1.807) is 6.07 Å². The molecule has 0 aromatic carbocycles. The molecule has 2 rings (SSSR count). The monoisotopic (exact) mass is 265 g/mol. The first-order valence-electron chi connectivity index (χ1n) is 6.47. The maximum absolute atomic E-state index is 11.0. The number of carboxylic acid groups (broad SMARTS) is 1. The third kappa shape index (κ3) is 3.14. The first-order valence-corrected chi connectivity index (χ1v) is 6.47. The summed E-state index contributed by atoms with van der Waals surface area (Å²) < 4.78 is 5.59. The first-order chi connectivity index (χ1) is 9.11. The molecule has 104 valence electrons. The normalized spacial score (nSPS) is 16.6. The van der Waals surface area contributed by atoms with Crippen molar-refractivity contribution in [1.29, 1.82) is 0 Å². The summed E-state index contributed by atoms with van der Waals surface area (Å²) >= 11 is 0. The van der Waals surface area contributed by atoms with Crippen molar-refractivity contribution in [2.75, 3.05) is 30.3 Å². The fourth-order valence-electron chi connectivity index (χ4n) is 2.30. The number of carbonyl (C=O) groups is 1. The van der Waals surface area contributed by atoms with Gasteiger partial charge in [0.25, 0.3) is 0 Å². The quantitative estimate of drug-likeness (QED) is 0.854. The van der Waals surface area contributed by atoms with E-state index >= 15 is 0 Å². The molecule has 1 saturated heterocycles. The van der Waals surface area contributed by atoms with Gasteiger partial charge in [-0.1, -0.05) is 0 Å². The summed E-state index contributed by atoms with van der Waals surface area (Å²) in [6.45, 7) is 4.36. The lowest BCUT2D eigenvalue weighted by Gasteiger charge is -2.32. The molecule has 0 radical (unpaired) electrons. The molecular formula is C13H19N3O3. The van der Waals surface area contributed by atoms with Gasteiger partial charge in [0, 0.05) is 19.7 Å². The lowest BCUT2D eigenvalue weighted by atomic mass is 10.1. The van der Waals surface area contributed by atoms with E-state index in [2.05, 4.69) is 9.88 Å². The van der Waals surface area contributed by atoms with Gasteiger partial charge in [0.15, 0.2) is 0 Å². The molecule has 0 aliphatic carbocycles. The highest BCUT2D eigenvalue weighted by atomic mass is 16.5. The Morgan fingerprint density at radius 1 is 1.58 bits per heavy atom. The van der Waals surface area contributed by atoms with Crippen LogP contribution in [0.5, 0.6) is 0 Å². The maximum atomic E-state index is 11.0. The van der Waals surface area contributed by atoms with Crippen LogP contribution in [0.3, 0.4) is 0 Å². The molecular weight excluding hydrogens is 246 g/mol. The predicted octanol–water partition coefficient (Wildman–Crippen LogP) is 1.37. The van der Waals surface area contributed by atoms with E-state index in [9.17, 15) is 4.79 Å². The van der Waals surface area contributed by atoms with Crippen LogP contribution in [0, 0.1) is 0 Å². The molecule has 0 spiro atoms. The van der Waals surface area contributed by atoms with Crippen LogP contribution >= 0.6 is 0 Å². The number of carboxylic acids is 1. The fraction of sp³-hybridized carbons (Fsp3) is 0.538. The van der Waals surface area contributed by atoms with E-state index in [0.29, 0.717) is 11.9 Å². The summed E-state index contributed by atoms with van der Waals surface area (Å²) in [4.78, 5) is 17.3. The number of nitrogen functional groups attached to an aromatic ring is 1. The SMILES string of the molecule is CCOC1CCN(c2cc(C(=O)O)c(N)cn2)CC1. The summed E-state index contributed by atoms with van der Waals surface area (Å²) in [6.07, 6.45) is 3.58. The van der Waals surface area contributed by atoms with Gasteiger partial charge in [-0.15, -0.1) is 0 Å². The Balaban J connectivity index is 2.07. The largest absolute Gasteiger partial charge is 0.478 e. The van der Waals surface area contributed by atoms with Crippen molar-refractivity contribution in [1.82, 2.24) is 4.98 Å². The Kier molecular flexibility index (Phi) is 4.21. The predicted molar refractivity (Wildman–Crippen MR) is 72.5 cm³/mol. The third-order valence-electron chi connectivity index (χ3n) is 3.32. The Hall–Kier alpha value is -1.82. The van der Waals surface area contributed by atoms with Crippen molar-refractivity contribution in [3.63, 3.8) is 0 Å². The fourth-order valence-corrected chi connectivity index (χ4v) is 2.30. The van der Waals surface area contributed by atoms with Crippen molar-refractivity contribution in [3.8, 4) is 0 Å². The number of nitrogens with zero attached hydrogens (tertiary/aromatic N) is 2. The van der Waals surface area contributed by atoms with Gasteiger partial charge in [0.1, 0.15) is 5.82 Å². The van der Waals surface area contributed by atoms with Crippen LogP contribution in [-0.4, -0.2) is 41.9 Å². The minimum Gasteiger partial charge on any atom is -0.478 e. The second-order valence-corrected chi connectivity index (χ2v) is 4.58. The van der Waals surface area contributed by atoms with Gasteiger partial charge in [-0.3, -0.25) is 0 Å². The van der Waals surface area contributed by atoms with Crippen LogP contribution < -0.4 is 10.6 Å². The molecule has 0 saturated carbocycles.